The number of tetrazole rings is 1. The first kappa shape index (κ1) is 11.5. The van der Waals surface area contributed by atoms with Gasteiger partial charge in [0.1, 0.15) is 0 Å². The molecule has 0 N–H and O–H groups in total. The first-order valence-electron chi connectivity index (χ1n) is 4.81. The second-order valence-corrected chi connectivity index (χ2v) is 5.01. The first-order chi connectivity index (χ1) is 7.66. The zero-order valence-electron chi connectivity index (χ0n) is 8.64. The molecule has 4 nitrogen and oxygen atoms in total. The molecule has 1 aromatic carbocycles. The molecule has 2 aromatic rings. The fourth-order valence-corrected chi connectivity index (χ4v) is 1.79. The van der Waals surface area contributed by atoms with E-state index in [1.807, 2.05) is 31.2 Å². The highest BCUT2D eigenvalue weighted by Gasteiger charge is 2.11. The fraction of sp³-hybridized carbons (Fsp3) is 0.300. The molecule has 0 aliphatic rings. The molecule has 0 saturated heterocycles. The van der Waals surface area contributed by atoms with E-state index in [-0.39, 0.29) is 5.38 Å². The van der Waals surface area contributed by atoms with Crippen LogP contribution in [0.1, 0.15) is 23.7 Å². The van der Waals surface area contributed by atoms with Crippen molar-refractivity contribution in [2.24, 2.45) is 0 Å². The van der Waals surface area contributed by atoms with Crippen LogP contribution in [0, 0.1) is 0 Å². The maximum absolute atomic E-state index is 5.97. The Kier molecular flexibility index (Phi) is 3.56. The van der Waals surface area contributed by atoms with Crippen LogP contribution in [-0.4, -0.2) is 20.2 Å². The minimum absolute atomic E-state index is 0.189. The maximum Gasteiger partial charge on any atom is 0.169 e. The number of benzene rings is 1. The van der Waals surface area contributed by atoms with E-state index in [0.29, 0.717) is 12.4 Å². The molecule has 16 heavy (non-hydrogen) atoms. The first-order valence-corrected chi connectivity index (χ1v) is 6.04. The molecule has 0 saturated carbocycles. The Balaban J connectivity index is 2.20. The van der Waals surface area contributed by atoms with E-state index in [0.717, 1.165) is 10.0 Å². The summed E-state index contributed by atoms with van der Waals surface area (Å²) < 4.78 is 2.76. The minimum Gasteiger partial charge on any atom is -0.224 e. The Hall–Kier alpha value is -0.940. The van der Waals surface area contributed by atoms with Gasteiger partial charge in [-0.15, -0.1) is 16.7 Å². The van der Waals surface area contributed by atoms with Crippen LogP contribution < -0.4 is 0 Å². The number of rotatable bonds is 3. The summed E-state index contributed by atoms with van der Waals surface area (Å²) >= 11 is 9.36. The number of hydrogen-bond donors (Lipinski definition) is 0. The summed E-state index contributed by atoms with van der Waals surface area (Å²) in [6, 6.07) is 8.02. The molecule has 6 heteroatoms. The molecule has 0 bridgehead atoms. The van der Waals surface area contributed by atoms with Crippen molar-refractivity contribution >= 4 is 27.5 Å². The van der Waals surface area contributed by atoms with E-state index in [4.69, 9.17) is 11.6 Å². The number of alkyl halides is 1. The van der Waals surface area contributed by atoms with Gasteiger partial charge in [-0.2, -0.15) is 0 Å². The van der Waals surface area contributed by atoms with Crippen LogP contribution in [0.15, 0.2) is 28.7 Å². The molecule has 0 aliphatic carbocycles. The zero-order chi connectivity index (χ0) is 11.5. The molecule has 1 unspecified atom stereocenters. The number of hydrogen-bond acceptors (Lipinski definition) is 3. The lowest BCUT2D eigenvalue weighted by Crippen LogP contribution is -2.07. The van der Waals surface area contributed by atoms with Crippen LogP contribution in [0.25, 0.3) is 0 Å². The predicted molar refractivity (Wildman–Crippen MR) is 65.3 cm³/mol. The third-order valence-electron chi connectivity index (χ3n) is 2.16. The third kappa shape index (κ3) is 2.59. The highest BCUT2D eigenvalue weighted by molar-refractivity contribution is 9.10. The molecule has 1 atom stereocenters. The molecule has 1 aromatic heterocycles. The second kappa shape index (κ2) is 4.93. The number of halogens is 2. The van der Waals surface area contributed by atoms with Crippen LogP contribution in [-0.2, 0) is 6.54 Å². The lowest BCUT2D eigenvalue weighted by molar-refractivity contribution is 0.618. The van der Waals surface area contributed by atoms with Crippen molar-refractivity contribution < 1.29 is 0 Å². The topological polar surface area (TPSA) is 43.6 Å². The molecule has 0 spiro atoms. The van der Waals surface area contributed by atoms with E-state index in [1.54, 1.807) is 4.68 Å². The summed E-state index contributed by atoms with van der Waals surface area (Å²) in [6.07, 6.45) is 0. The molecule has 0 aliphatic heterocycles. The van der Waals surface area contributed by atoms with Crippen LogP contribution in [0.3, 0.4) is 0 Å². The highest BCUT2D eigenvalue weighted by atomic mass is 79.9. The van der Waals surface area contributed by atoms with Gasteiger partial charge in [-0.05, 0) is 35.0 Å². The SMILES string of the molecule is CC(Cl)c1nnnn1Cc1ccc(Br)cc1. The molecule has 1 heterocycles. The van der Waals surface area contributed by atoms with Gasteiger partial charge in [-0.3, -0.25) is 0 Å². The van der Waals surface area contributed by atoms with Crippen molar-refractivity contribution in [3.8, 4) is 0 Å². The molecule has 0 radical (unpaired) electrons. The van der Waals surface area contributed by atoms with Gasteiger partial charge in [0.2, 0.25) is 0 Å². The molecule has 0 fully saturated rings. The Morgan fingerprint density at radius 1 is 1.38 bits per heavy atom. The third-order valence-corrected chi connectivity index (χ3v) is 2.88. The summed E-state index contributed by atoms with van der Waals surface area (Å²) in [5, 5.41) is 11.2. The monoisotopic (exact) mass is 300 g/mol. The van der Waals surface area contributed by atoms with Gasteiger partial charge in [-0.1, -0.05) is 28.1 Å². The lowest BCUT2D eigenvalue weighted by Gasteiger charge is -2.05. The van der Waals surface area contributed by atoms with Crippen molar-refractivity contribution in [1.82, 2.24) is 20.2 Å². The maximum atomic E-state index is 5.97. The average Bonchev–Trinajstić information content (AvgIpc) is 2.69. The standard InChI is InChI=1S/C10H10BrClN4/c1-7(12)10-13-14-15-16(10)6-8-2-4-9(11)5-3-8/h2-5,7H,6H2,1H3. The van der Waals surface area contributed by atoms with Crippen molar-refractivity contribution in [3.63, 3.8) is 0 Å². The predicted octanol–water partition coefficient (Wildman–Crippen LogP) is 2.78. The summed E-state index contributed by atoms with van der Waals surface area (Å²) in [7, 11) is 0. The van der Waals surface area contributed by atoms with Crippen LogP contribution in [0.2, 0.25) is 0 Å². The molecule has 84 valence electrons. The Labute approximate surface area is 107 Å². The van der Waals surface area contributed by atoms with E-state index in [2.05, 4.69) is 31.5 Å². The van der Waals surface area contributed by atoms with Gasteiger partial charge in [0, 0.05) is 4.47 Å². The van der Waals surface area contributed by atoms with Gasteiger partial charge >= 0.3 is 0 Å². The second-order valence-electron chi connectivity index (χ2n) is 3.44. The van der Waals surface area contributed by atoms with Crippen LogP contribution >= 0.6 is 27.5 Å². The largest absolute Gasteiger partial charge is 0.224 e. The summed E-state index contributed by atoms with van der Waals surface area (Å²) in [6.45, 7) is 2.48. The summed E-state index contributed by atoms with van der Waals surface area (Å²) in [5.41, 5.74) is 1.13. The number of aromatic nitrogens is 4. The molecule has 2 rings (SSSR count). The smallest absolute Gasteiger partial charge is 0.169 e. The Bertz CT molecular complexity index is 466. The Morgan fingerprint density at radius 2 is 2.06 bits per heavy atom. The lowest BCUT2D eigenvalue weighted by atomic mass is 10.2. The van der Waals surface area contributed by atoms with E-state index in [9.17, 15) is 0 Å². The van der Waals surface area contributed by atoms with Gasteiger partial charge < -0.3 is 0 Å². The summed E-state index contributed by atoms with van der Waals surface area (Å²) in [5.74, 6) is 0.685. The molecular weight excluding hydrogens is 291 g/mol. The van der Waals surface area contributed by atoms with Crippen LogP contribution in [0.5, 0.6) is 0 Å². The van der Waals surface area contributed by atoms with Crippen molar-refractivity contribution in [2.45, 2.75) is 18.8 Å². The normalized spacial score (nSPS) is 12.7. The van der Waals surface area contributed by atoms with Crippen LogP contribution in [0.4, 0.5) is 0 Å². The van der Waals surface area contributed by atoms with Crippen molar-refractivity contribution in [3.05, 3.63) is 40.1 Å². The van der Waals surface area contributed by atoms with Gasteiger partial charge in [0.15, 0.2) is 5.82 Å². The fourth-order valence-electron chi connectivity index (χ4n) is 1.37. The summed E-state index contributed by atoms with van der Waals surface area (Å²) in [4.78, 5) is 0. The highest BCUT2D eigenvalue weighted by Crippen LogP contribution is 2.17. The number of nitrogens with zero attached hydrogens (tertiary/aromatic N) is 4. The Morgan fingerprint density at radius 3 is 2.69 bits per heavy atom. The molecule has 0 amide bonds. The minimum atomic E-state index is -0.189. The van der Waals surface area contributed by atoms with Crippen molar-refractivity contribution in [2.75, 3.05) is 0 Å². The van der Waals surface area contributed by atoms with Gasteiger partial charge in [0.25, 0.3) is 0 Å². The van der Waals surface area contributed by atoms with Gasteiger partial charge in [-0.25, -0.2) is 4.68 Å². The van der Waals surface area contributed by atoms with Gasteiger partial charge in [0.05, 0.1) is 11.9 Å². The molecular formula is C10H10BrClN4. The van der Waals surface area contributed by atoms with E-state index >= 15 is 0 Å². The van der Waals surface area contributed by atoms with Crippen molar-refractivity contribution in [1.29, 1.82) is 0 Å². The quantitative estimate of drug-likeness (QED) is 0.819. The van der Waals surface area contributed by atoms with E-state index < -0.39 is 0 Å². The zero-order valence-corrected chi connectivity index (χ0v) is 11.0. The average molecular weight is 302 g/mol. The van der Waals surface area contributed by atoms with E-state index in [1.165, 1.54) is 0 Å².